The number of nitrogens with two attached hydrogens (primary N) is 1. The third-order valence-corrected chi connectivity index (χ3v) is 4.76. The van der Waals surface area contributed by atoms with Gasteiger partial charge in [-0.1, -0.05) is 31.3 Å². The number of halogens is 1. The smallest absolute Gasteiger partial charge is 0.324 e. The lowest BCUT2D eigenvalue weighted by molar-refractivity contribution is -0.145. The van der Waals surface area contributed by atoms with Crippen molar-refractivity contribution in [2.45, 2.75) is 44.1 Å². The summed E-state index contributed by atoms with van der Waals surface area (Å²) in [6.07, 6.45) is 3.30. The molecule has 0 bridgehead atoms. The second-order valence-corrected chi connectivity index (χ2v) is 6.44. The lowest BCUT2D eigenvalue weighted by Crippen LogP contribution is -2.55. The van der Waals surface area contributed by atoms with Crippen LogP contribution in [-0.2, 0) is 11.3 Å². The molecule has 0 aliphatic carbocycles. The van der Waals surface area contributed by atoms with E-state index < -0.39 is 11.5 Å². The molecule has 0 spiro atoms. The Labute approximate surface area is 138 Å². The summed E-state index contributed by atoms with van der Waals surface area (Å²) in [5.74, 6) is -1.25. The van der Waals surface area contributed by atoms with E-state index in [0.29, 0.717) is 25.8 Å². The van der Waals surface area contributed by atoms with E-state index in [1.807, 2.05) is 0 Å². The highest BCUT2D eigenvalue weighted by Crippen LogP contribution is 2.31. The van der Waals surface area contributed by atoms with Crippen molar-refractivity contribution in [3.8, 4) is 0 Å². The van der Waals surface area contributed by atoms with Crippen LogP contribution < -0.4 is 5.73 Å². The molecule has 1 fully saturated rings. The molecule has 1 saturated heterocycles. The first-order valence-corrected chi connectivity index (χ1v) is 8.15. The number of benzene rings is 1. The molecule has 0 amide bonds. The first-order valence-electron chi connectivity index (χ1n) is 8.15. The molecule has 2 atom stereocenters. The highest BCUT2D eigenvalue weighted by atomic mass is 19.1. The summed E-state index contributed by atoms with van der Waals surface area (Å²) in [6.45, 7) is 2.16. The van der Waals surface area contributed by atoms with Crippen molar-refractivity contribution in [1.82, 2.24) is 4.90 Å². The van der Waals surface area contributed by atoms with Crippen LogP contribution in [0.15, 0.2) is 24.3 Å². The molecule has 1 aromatic carbocycles. The molecule has 4 nitrogen and oxygen atoms in total. The Hall–Kier alpha value is -1.40. The summed E-state index contributed by atoms with van der Waals surface area (Å²) in [7, 11) is 5.48. The molecule has 2 unspecified atom stereocenters. The minimum Gasteiger partial charge on any atom is -0.480 e. The minimum atomic E-state index is -1.19. The summed E-state index contributed by atoms with van der Waals surface area (Å²) in [4.78, 5) is 13.9. The second kappa shape index (κ2) is 7.93. The maximum absolute atomic E-state index is 13.0. The molecule has 1 aliphatic rings. The number of nitrogens with zero attached hydrogens (tertiary/aromatic N) is 1. The lowest BCUT2D eigenvalue weighted by Gasteiger charge is -2.31. The van der Waals surface area contributed by atoms with Gasteiger partial charge in [-0.25, -0.2) is 4.39 Å². The number of carbonyl (C=O) groups is 1. The summed E-state index contributed by atoms with van der Waals surface area (Å²) in [5, 5.41) is 9.58. The van der Waals surface area contributed by atoms with Crippen molar-refractivity contribution in [3.63, 3.8) is 0 Å². The van der Waals surface area contributed by atoms with Crippen molar-refractivity contribution >= 4 is 13.8 Å². The van der Waals surface area contributed by atoms with E-state index in [4.69, 9.17) is 13.6 Å². The quantitative estimate of drug-likeness (QED) is 0.569. The average molecular weight is 318 g/mol. The average Bonchev–Trinajstić information content (AvgIpc) is 2.98. The largest absolute Gasteiger partial charge is 0.480 e. The van der Waals surface area contributed by atoms with E-state index in [0.717, 1.165) is 31.4 Å². The van der Waals surface area contributed by atoms with Crippen molar-refractivity contribution in [3.05, 3.63) is 35.6 Å². The van der Waals surface area contributed by atoms with E-state index in [1.165, 1.54) is 12.1 Å². The zero-order chi connectivity index (χ0) is 16.9. The Morgan fingerprint density at radius 2 is 2.09 bits per heavy atom. The van der Waals surface area contributed by atoms with Gasteiger partial charge in [0.05, 0.1) is 7.85 Å². The standard InChI is InChI=1S/C17H24BFN2O2/c18-9-2-1-8-17(20,16(22)23)14-7-10-21(12-14)11-13-3-5-15(19)6-4-13/h3-6,14H,1-2,7-12,20H2,(H,22,23). The fourth-order valence-electron chi connectivity index (χ4n) is 3.29. The van der Waals surface area contributed by atoms with E-state index in [9.17, 15) is 14.3 Å². The topological polar surface area (TPSA) is 66.6 Å². The molecule has 1 aliphatic heterocycles. The normalized spacial score (nSPS) is 21.2. The fourth-order valence-corrected chi connectivity index (χ4v) is 3.29. The van der Waals surface area contributed by atoms with Crippen molar-refractivity contribution in [1.29, 1.82) is 0 Å². The molecule has 2 rings (SSSR count). The molecule has 6 heteroatoms. The fraction of sp³-hybridized carbons (Fsp3) is 0.588. The van der Waals surface area contributed by atoms with Crippen LogP contribution in [0.2, 0.25) is 6.32 Å². The van der Waals surface area contributed by atoms with Crippen LogP contribution in [-0.4, -0.2) is 42.5 Å². The summed E-state index contributed by atoms with van der Waals surface area (Å²) in [5.41, 5.74) is 6.08. The molecule has 1 heterocycles. The number of aliphatic carboxylic acids is 1. The minimum absolute atomic E-state index is 0.0711. The van der Waals surface area contributed by atoms with Gasteiger partial charge in [-0.3, -0.25) is 9.69 Å². The number of rotatable bonds is 8. The van der Waals surface area contributed by atoms with Crippen LogP contribution in [0, 0.1) is 11.7 Å². The Morgan fingerprint density at radius 3 is 2.70 bits per heavy atom. The van der Waals surface area contributed by atoms with Gasteiger partial charge in [-0.2, -0.15) is 0 Å². The summed E-state index contributed by atoms with van der Waals surface area (Å²) in [6, 6.07) is 6.41. The number of carboxylic acids is 1. The van der Waals surface area contributed by atoms with Crippen LogP contribution in [0.1, 0.15) is 31.2 Å². The van der Waals surface area contributed by atoms with Gasteiger partial charge in [0, 0.05) is 19.0 Å². The number of unbranched alkanes of at least 4 members (excludes halogenated alkanes) is 1. The Morgan fingerprint density at radius 1 is 1.39 bits per heavy atom. The zero-order valence-corrected chi connectivity index (χ0v) is 13.4. The van der Waals surface area contributed by atoms with E-state index in [1.54, 1.807) is 12.1 Å². The second-order valence-electron chi connectivity index (χ2n) is 6.44. The van der Waals surface area contributed by atoms with Gasteiger partial charge in [0.1, 0.15) is 11.4 Å². The van der Waals surface area contributed by atoms with E-state index in [-0.39, 0.29) is 11.7 Å². The predicted molar refractivity (Wildman–Crippen MR) is 88.8 cm³/mol. The maximum atomic E-state index is 13.0. The third kappa shape index (κ3) is 4.55. The third-order valence-electron chi connectivity index (χ3n) is 4.76. The van der Waals surface area contributed by atoms with Gasteiger partial charge in [0.25, 0.3) is 0 Å². The van der Waals surface area contributed by atoms with Gasteiger partial charge < -0.3 is 10.8 Å². The summed E-state index contributed by atoms with van der Waals surface area (Å²) >= 11 is 0. The SMILES string of the molecule is [B]CCCCC(N)(C(=O)O)C1CCN(Cc2ccc(F)cc2)C1. The first-order chi connectivity index (χ1) is 11.0. The van der Waals surface area contributed by atoms with Crippen LogP contribution in [0.3, 0.4) is 0 Å². The van der Waals surface area contributed by atoms with Crippen molar-refractivity contribution in [2.75, 3.05) is 13.1 Å². The Kier molecular flexibility index (Phi) is 6.19. The van der Waals surface area contributed by atoms with Crippen molar-refractivity contribution in [2.24, 2.45) is 11.7 Å². The van der Waals surface area contributed by atoms with Crippen LogP contribution in [0.5, 0.6) is 0 Å². The maximum Gasteiger partial charge on any atom is 0.324 e. The van der Waals surface area contributed by atoms with E-state index >= 15 is 0 Å². The van der Waals surface area contributed by atoms with Gasteiger partial charge in [-0.15, -0.1) is 0 Å². The molecule has 124 valence electrons. The van der Waals surface area contributed by atoms with Gasteiger partial charge in [-0.05, 0) is 37.1 Å². The number of hydrogen-bond acceptors (Lipinski definition) is 3. The lowest BCUT2D eigenvalue weighted by atomic mass is 9.79. The van der Waals surface area contributed by atoms with Gasteiger partial charge >= 0.3 is 5.97 Å². The highest BCUT2D eigenvalue weighted by Gasteiger charge is 2.44. The predicted octanol–water partition coefficient (Wildman–Crippen LogP) is 2.19. The Bertz CT molecular complexity index is 526. The first kappa shape index (κ1) is 18.0. The monoisotopic (exact) mass is 318 g/mol. The number of carboxylic acid groups (broad SMARTS) is 1. The molecule has 0 saturated carbocycles. The van der Waals surface area contributed by atoms with Crippen LogP contribution in [0.4, 0.5) is 4.39 Å². The van der Waals surface area contributed by atoms with Crippen molar-refractivity contribution < 1.29 is 14.3 Å². The molecule has 23 heavy (non-hydrogen) atoms. The van der Waals surface area contributed by atoms with E-state index in [2.05, 4.69) is 4.90 Å². The molecule has 0 aromatic heterocycles. The van der Waals surface area contributed by atoms with Crippen LogP contribution in [0.25, 0.3) is 0 Å². The Balaban J connectivity index is 1.95. The number of hydrogen-bond donors (Lipinski definition) is 2. The molecular weight excluding hydrogens is 294 g/mol. The highest BCUT2D eigenvalue weighted by molar-refractivity contribution is 6.08. The zero-order valence-electron chi connectivity index (χ0n) is 13.4. The van der Waals surface area contributed by atoms with Crippen LogP contribution >= 0.6 is 0 Å². The summed E-state index contributed by atoms with van der Waals surface area (Å²) < 4.78 is 13.0. The van der Waals surface area contributed by atoms with Gasteiger partial charge in [0.2, 0.25) is 0 Å². The molecule has 3 N–H and O–H groups in total. The molecule has 1 aromatic rings. The number of likely N-dealkylation sites (tertiary alicyclic amines) is 1. The molecule has 2 radical (unpaired) electrons. The van der Waals surface area contributed by atoms with Gasteiger partial charge in [0.15, 0.2) is 0 Å². The molecular formula is C17H24BFN2O2.